The van der Waals surface area contributed by atoms with Crippen LogP contribution in [0.1, 0.15) is 6.42 Å². The second kappa shape index (κ2) is 7.31. The first kappa shape index (κ1) is 14.9. The normalized spacial score (nSPS) is 11.8. The zero-order valence-corrected chi connectivity index (χ0v) is 11.8. The van der Waals surface area contributed by atoms with E-state index < -0.39 is 6.10 Å². The third kappa shape index (κ3) is 4.51. The molecule has 0 aliphatic rings. The molecule has 1 heterocycles. The van der Waals surface area contributed by atoms with Gasteiger partial charge in [0.1, 0.15) is 0 Å². The molecule has 0 aliphatic carbocycles. The topological polar surface area (TPSA) is 91.1 Å². The van der Waals surface area contributed by atoms with Crippen molar-refractivity contribution in [2.24, 2.45) is 0 Å². The summed E-state index contributed by atoms with van der Waals surface area (Å²) >= 11 is 0. The van der Waals surface area contributed by atoms with Crippen molar-refractivity contribution in [2.75, 3.05) is 23.7 Å². The maximum absolute atomic E-state index is 10.2. The Bertz CT molecular complexity index is 590. The molecule has 1 aromatic carbocycles. The Morgan fingerprint density at radius 2 is 2.14 bits per heavy atom. The number of hydrogen-bond acceptors (Lipinski definition) is 5. The van der Waals surface area contributed by atoms with Crippen LogP contribution in [0.25, 0.3) is 0 Å². The van der Waals surface area contributed by atoms with E-state index in [2.05, 4.69) is 11.2 Å². The molecule has 6 nitrogen and oxygen atoms in total. The predicted molar refractivity (Wildman–Crippen MR) is 81.5 cm³/mol. The minimum absolute atomic E-state index is 0.368. The SMILES string of the molecule is N#CCCN(CC(O)Cn1cc(N)cn1)c1ccccc1. The third-order valence-corrected chi connectivity index (χ3v) is 3.10. The summed E-state index contributed by atoms with van der Waals surface area (Å²) in [5, 5.41) is 23.0. The van der Waals surface area contributed by atoms with E-state index in [9.17, 15) is 5.11 Å². The number of nitriles is 1. The Morgan fingerprint density at radius 3 is 2.76 bits per heavy atom. The predicted octanol–water partition coefficient (Wildman–Crippen LogP) is 1.25. The molecule has 1 aromatic heterocycles. The van der Waals surface area contributed by atoms with Crippen molar-refractivity contribution in [3.8, 4) is 6.07 Å². The number of nitrogen functional groups attached to an aromatic ring is 1. The Morgan fingerprint density at radius 1 is 1.38 bits per heavy atom. The molecule has 2 rings (SSSR count). The Labute approximate surface area is 124 Å². The number of aromatic nitrogens is 2. The van der Waals surface area contributed by atoms with Crippen LogP contribution in [0.15, 0.2) is 42.7 Å². The summed E-state index contributed by atoms with van der Waals surface area (Å²) in [6.07, 6.45) is 3.06. The molecule has 0 saturated carbocycles. The molecule has 6 heteroatoms. The second-order valence-corrected chi connectivity index (χ2v) is 4.84. The lowest BCUT2D eigenvalue weighted by Gasteiger charge is -2.26. The van der Waals surface area contributed by atoms with Crippen molar-refractivity contribution in [3.63, 3.8) is 0 Å². The van der Waals surface area contributed by atoms with Crippen LogP contribution in [0, 0.1) is 11.3 Å². The highest BCUT2D eigenvalue weighted by Gasteiger charge is 2.13. The van der Waals surface area contributed by atoms with Gasteiger partial charge in [-0.25, -0.2) is 0 Å². The number of nitrogens with zero attached hydrogens (tertiary/aromatic N) is 4. The quantitative estimate of drug-likeness (QED) is 0.799. The smallest absolute Gasteiger partial charge is 0.0910 e. The number of aliphatic hydroxyl groups excluding tert-OH is 1. The summed E-state index contributed by atoms with van der Waals surface area (Å²) in [6, 6.07) is 11.9. The molecule has 21 heavy (non-hydrogen) atoms. The van der Waals surface area contributed by atoms with Crippen molar-refractivity contribution in [2.45, 2.75) is 19.1 Å². The fourth-order valence-electron chi connectivity index (χ4n) is 2.16. The van der Waals surface area contributed by atoms with Gasteiger partial charge in [0.25, 0.3) is 0 Å². The molecule has 110 valence electrons. The maximum atomic E-state index is 10.2. The van der Waals surface area contributed by atoms with E-state index in [1.165, 1.54) is 0 Å². The molecular formula is C15H19N5O. The van der Waals surface area contributed by atoms with Crippen LogP contribution in [-0.2, 0) is 6.54 Å². The zero-order valence-electron chi connectivity index (χ0n) is 11.8. The number of para-hydroxylation sites is 1. The molecule has 1 unspecified atom stereocenters. The number of hydrogen-bond donors (Lipinski definition) is 2. The lowest BCUT2D eigenvalue weighted by atomic mass is 10.2. The van der Waals surface area contributed by atoms with Crippen molar-refractivity contribution >= 4 is 11.4 Å². The fraction of sp³-hybridized carbons (Fsp3) is 0.333. The van der Waals surface area contributed by atoms with E-state index in [0.717, 1.165) is 5.69 Å². The molecule has 0 bridgehead atoms. The largest absolute Gasteiger partial charge is 0.396 e. The molecule has 0 saturated heterocycles. The van der Waals surface area contributed by atoms with Gasteiger partial charge in [-0.1, -0.05) is 18.2 Å². The number of anilines is 2. The Hall–Kier alpha value is -2.52. The molecule has 0 amide bonds. The van der Waals surface area contributed by atoms with Gasteiger partial charge in [0, 0.05) is 25.0 Å². The summed E-state index contributed by atoms with van der Waals surface area (Å²) in [6.45, 7) is 1.39. The van der Waals surface area contributed by atoms with Gasteiger partial charge in [0.05, 0.1) is 37.0 Å². The molecule has 0 fully saturated rings. The van der Waals surface area contributed by atoms with Crippen molar-refractivity contribution in [3.05, 3.63) is 42.7 Å². The van der Waals surface area contributed by atoms with E-state index in [4.69, 9.17) is 11.0 Å². The van der Waals surface area contributed by atoms with Gasteiger partial charge in [-0.15, -0.1) is 0 Å². The highest BCUT2D eigenvalue weighted by atomic mass is 16.3. The third-order valence-electron chi connectivity index (χ3n) is 3.10. The van der Waals surface area contributed by atoms with Gasteiger partial charge in [-0.05, 0) is 12.1 Å². The van der Waals surface area contributed by atoms with E-state index in [1.54, 1.807) is 17.1 Å². The molecule has 0 spiro atoms. The second-order valence-electron chi connectivity index (χ2n) is 4.84. The van der Waals surface area contributed by atoms with Gasteiger partial charge >= 0.3 is 0 Å². The molecule has 2 aromatic rings. The summed E-state index contributed by atoms with van der Waals surface area (Å²) in [7, 11) is 0. The van der Waals surface area contributed by atoms with Gasteiger partial charge in [-0.3, -0.25) is 4.68 Å². The molecule has 0 radical (unpaired) electrons. The fourth-order valence-corrected chi connectivity index (χ4v) is 2.16. The van der Waals surface area contributed by atoms with Crippen molar-refractivity contribution < 1.29 is 5.11 Å². The van der Waals surface area contributed by atoms with Gasteiger partial charge in [0.15, 0.2) is 0 Å². The first-order valence-corrected chi connectivity index (χ1v) is 6.82. The van der Waals surface area contributed by atoms with Crippen molar-refractivity contribution in [1.29, 1.82) is 5.26 Å². The number of nitrogens with two attached hydrogens (primary N) is 1. The average molecular weight is 285 g/mol. The lowest BCUT2D eigenvalue weighted by molar-refractivity contribution is 0.154. The number of benzene rings is 1. The minimum atomic E-state index is -0.594. The molecule has 0 aliphatic heterocycles. The first-order chi connectivity index (χ1) is 10.2. The summed E-state index contributed by atoms with van der Waals surface area (Å²) in [5.41, 5.74) is 7.17. The Kier molecular flexibility index (Phi) is 5.18. The summed E-state index contributed by atoms with van der Waals surface area (Å²) in [5.74, 6) is 0. The molecule has 3 N–H and O–H groups in total. The number of rotatable bonds is 7. The zero-order chi connectivity index (χ0) is 15.1. The van der Waals surface area contributed by atoms with Crippen molar-refractivity contribution in [1.82, 2.24) is 9.78 Å². The van der Waals surface area contributed by atoms with E-state index >= 15 is 0 Å². The van der Waals surface area contributed by atoms with Gasteiger partial charge < -0.3 is 15.7 Å². The minimum Gasteiger partial charge on any atom is -0.396 e. The standard InChI is InChI=1S/C15H19N5O/c16-7-4-8-19(14-5-2-1-3-6-14)11-15(21)12-20-10-13(17)9-18-20/h1-3,5-6,9-10,15,21H,4,8,11-12,17H2. The van der Waals surface area contributed by atoms with Gasteiger partial charge in [-0.2, -0.15) is 10.4 Å². The monoisotopic (exact) mass is 285 g/mol. The van der Waals surface area contributed by atoms with Crippen LogP contribution in [-0.4, -0.2) is 34.1 Å². The van der Waals surface area contributed by atoms with Crippen LogP contribution in [0.5, 0.6) is 0 Å². The average Bonchev–Trinajstić information content (AvgIpc) is 2.89. The summed E-state index contributed by atoms with van der Waals surface area (Å²) in [4.78, 5) is 2.00. The van der Waals surface area contributed by atoms with E-state index in [1.807, 2.05) is 35.2 Å². The molecule has 1 atom stereocenters. The van der Waals surface area contributed by atoms with Crippen LogP contribution in [0.4, 0.5) is 11.4 Å². The Balaban J connectivity index is 1.99. The number of aliphatic hydroxyl groups is 1. The van der Waals surface area contributed by atoms with Crippen LogP contribution >= 0.6 is 0 Å². The van der Waals surface area contributed by atoms with Crippen LogP contribution in [0.2, 0.25) is 0 Å². The first-order valence-electron chi connectivity index (χ1n) is 6.82. The van der Waals surface area contributed by atoms with E-state index in [0.29, 0.717) is 31.7 Å². The highest BCUT2D eigenvalue weighted by Crippen LogP contribution is 2.14. The van der Waals surface area contributed by atoms with Crippen LogP contribution in [0.3, 0.4) is 0 Å². The van der Waals surface area contributed by atoms with E-state index in [-0.39, 0.29) is 0 Å². The summed E-state index contributed by atoms with van der Waals surface area (Å²) < 4.78 is 1.62. The molecular weight excluding hydrogens is 266 g/mol. The van der Waals surface area contributed by atoms with Crippen LogP contribution < -0.4 is 10.6 Å². The lowest BCUT2D eigenvalue weighted by Crippen LogP contribution is -2.35. The van der Waals surface area contributed by atoms with Gasteiger partial charge in [0.2, 0.25) is 0 Å². The highest BCUT2D eigenvalue weighted by molar-refractivity contribution is 5.46. The maximum Gasteiger partial charge on any atom is 0.0910 e.